The summed E-state index contributed by atoms with van der Waals surface area (Å²) in [5, 5.41) is 0. The summed E-state index contributed by atoms with van der Waals surface area (Å²) < 4.78 is 7.27. The molecule has 0 N–H and O–H groups in total. The Labute approximate surface area is 158 Å². The van der Waals surface area contributed by atoms with E-state index in [9.17, 15) is 0 Å². The SMILES string of the molecule is CCCCN1CCC(=C2c3ccccc3Oc3ccc(Br)cc32)CC1. The molecule has 4 rings (SSSR count). The summed E-state index contributed by atoms with van der Waals surface area (Å²) >= 11 is 3.63. The summed E-state index contributed by atoms with van der Waals surface area (Å²) in [7, 11) is 0. The van der Waals surface area contributed by atoms with Crippen LogP contribution in [0.3, 0.4) is 0 Å². The fraction of sp³-hybridized carbons (Fsp3) is 0.364. The van der Waals surface area contributed by atoms with Crippen molar-refractivity contribution in [3.05, 3.63) is 63.6 Å². The molecule has 0 radical (unpaired) electrons. The molecule has 0 aliphatic carbocycles. The topological polar surface area (TPSA) is 12.5 Å². The van der Waals surface area contributed by atoms with Crippen LogP contribution >= 0.6 is 15.9 Å². The van der Waals surface area contributed by atoms with Crippen LogP contribution in [0.2, 0.25) is 0 Å². The van der Waals surface area contributed by atoms with Gasteiger partial charge in [0.15, 0.2) is 0 Å². The molecule has 0 unspecified atom stereocenters. The second-order valence-corrected chi connectivity index (χ2v) is 7.83. The van der Waals surface area contributed by atoms with Crippen molar-refractivity contribution in [2.75, 3.05) is 19.6 Å². The third-order valence-electron chi connectivity index (χ3n) is 5.23. The fourth-order valence-electron chi connectivity index (χ4n) is 3.87. The van der Waals surface area contributed by atoms with E-state index in [1.54, 1.807) is 5.57 Å². The fourth-order valence-corrected chi connectivity index (χ4v) is 4.23. The van der Waals surface area contributed by atoms with Crippen LogP contribution in [0.4, 0.5) is 0 Å². The van der Waals surface area contributed by atoms with Crippen molar-refractivity contribution in [2.45, 2.75) is 32.6 Å². The zero-order valence-corrected chi connectivity index (χ0v) is 16.3. The van der Waals surface area contributed by atoms with E-state index in [1.165, 1.54) is 49.2 Å². The number of benzene rings is 2. The standard InChI is InChI=1S/C22H24BrNO/c1-2-3-12-24-13-10-16(11-14-24)22-18-6-4-5-7-20(18)25-21-9-8-17(23)15-19(21)22/h4-9,15H,2-3,10-14H2,1H3. The van der Waals surface area contributed by atoms with E-state index in [4.69, 9.17) is 4.74 Å². The molecule has 2 aromatic rings. The van der Waals surface area contributed by atoms with E-state index in [0.717, 1.165) is 28.8 Å². The first kappa shape index (κ1) is 16.9. The second kappa shape index (κ2) is 7.35. The van der Waals surface area contributed by atoms with E-state index >= 15 is 0 Å². The lowest BCUT2D eigenvalue weighted by atomic mass is 9.86. The number of rotatable bonds is 3. The maximum absolute atomic E-state index is 6.16. The minimum absolute atomic E-state index is 0.970. The van der Waals surface area contributed by atoms with Crippen molar-refractivity contribution in [1.82, 2.24) is 4.90 Å². The van der Waals surface area contributed by atoms with Crippen LogP contribution in [0.1, 0.15) is 43.7 Å². The maximum atomic E-state index is 6.16. The summed E-state index contributed by atoms with van der Waals surface area (Å²) in [5.74, 6) is 1.95. The van der Waals surface area contributed by atoms with Crippen LogP contribution in [0.25, 0.3) is 5.57 Å². The predicted octanol–water partition coefficient (Wildman–Crippen LogP) is 6.25. The van der Waals surface area contributed by atoms with Crippen molar-refractivity contribution >= 4 is 21.5 Å². The van der Waals surface area contributed by atoms with Crippen LogP contribution in [0, 0.1) is 0 Å². The van der Waals surface area contributed by atoms with E-state index in [0.29, 0.717) is 0 Å². The van der Waals surface area contributed by atoms with Crippen LogP contribution in [-0.2, 0) is 0 Å². The lowest BCUT2D eigenvalue weighted by Crippen LogP contribution is -2.32. The van der Waals surface area contributed by atoms with Gasteiger partial charge in [-0.05, 0) is 55.6 Å². The van der Waals surface area contributed by atoms with Gasteiger partial charge in [0.1, 0.15) is 11.5 Å². The average molecular weight is 398 g/mol. The third kappa shape index (κ3) is 3.40. The smallest absolute Gasteiger partial charge is 0.135 e. The predicted molar refractivity (Wildman–Crippen MR) is 107 cm³/mol. The Kier molecular flexibility index (Phi) is 4.96. The maximum Gasteiger partial charge on any atom is 0.135 e. The highest BCUT2D eigenvalue weighted by atomic mass is 79.9. The molecule has 0 amide bonds. The van der Waals surface area contributed by atoms with E-state index in [2.05, 4.69) is 70.2 Å². The second-order valence-electron chi connectivity index (χ2n) is 6.91. The molecule has 0 saturated carbocycles. The number of fused-ring (bicyclic) bond motifs is 2. The minimum Gasteiger partial charge on any atom is -0.456 e. The molecule has 0 atom stereocenters. The Hall–Kier alpha value is -1.58. The van der Waals surface area contributed by atoms with E-state index < -0.39 is 0 Å². The number of hydrogen-bond donors (Lipinski definition) is 0. The molecular formula is C22H24BrNO. The number of hydrogen-bond acceptors (Lipinski definition) is 2. The molecule has 1 fully saturated rings. The molecule has 2 aromatic carbocycles. The molecule has 2 aliphatic heterocycles. The summed E-state index contributed by atoms with van der Waals surface area (Å²) in [6, 6.07) is 14.8. The van der Waals surface area contributed by atoms with Gasteiger partial charge in [-0.25, -0.2) is 0 Å². The first-order valence-corrected chi connectivity index (χ1v) is 10.1. The molecule has 0 bridgehead atoms. The van der Waals surface area contributed by atoms with Gasteiger partial charge in [0.05, 0.1) is 0 Å². The highest BCUT2D eigenvalue weighted by molar-refractivity contribution is 9.10. The van der Waals surface area contributed by atoms with Gasteiger partial charge in [-0.1, -0.05) is 53.0 Å². The van der Waals surface area contributed by atoms with Crippen molar-refractivity contribution < 1.29 is 4.74 Å². The quantitative estimate of drug-likeness (QED) is 0.517. The number of piperidine rings is 1. The average Bonchev–Trinajstić information content (AvgIpc) is 2.65. The Morgan fingerprint density at radius 3 is 2.56 bits per heavy atom. The van der Waals surface area contributed by atoms with Crippen molar-refractivity contribution in [1.29, 1.82) is 0 Å². The number of nitrogens with zero attached hydrogens (tertiary/aromatic N) is 1. The summed E-state index contributed by atoms with van der Waals surface area (Å²) in [6.45, 7) is 5.85. The molecule has 25 heavy (non-hydrogen) atoms. The molecule has 0 aromatic heterocycles. The van der Waals surface area contributed by atoms with Crippen molar-refractivity contribution in [3.8, 4) is 11.5 Å². The molecular weight excluding hydrogens is 374 g/mol. The van der Waals surface area contributed by atoms with Gasteiger partial charge in [-0.3, -0.25) is 0 Å². The molecule has 130 valence electrons. The number of likely N-dealkylation sites (tertiary alicyclic amines) is 1. The van der Waals surface area contributed by atoms with Crippen LogP contribution in [0.5, 0.6) is 11.5 Å². The Morgan fingerprint density at radius 1 is 1.00 bits per heavy atom. The van der Waals surface area contributed by atoms with Gasteiger partial charge >= 0.3 is 0 Å². The molecule has 2 heterocycles. The van der Waals surface area contributed by atoms with E-state index in [-0.39, 0.29) is 0 Å². The summed E-state index contributed by atoms with van der Waals surface area (Å²) in [4.78, 5) is 2.61. The third-order valence-corrected chi connectivity index (χ3v) is 5.72. The van der Waals surface area contributed by atoms with Crippen molar-refractivity contribution in [2.24, 2.45) is 0 Å². The first-order valence-electron chi connectivity index (χ1n) is 9.28. The minimum atomic E-state index is 0.970. The normalized spacial score (nSPS) is 17.0. The van der Waals surface area contributed by atoms with Crippen LogP contribution in [0.15, 0.2) is 52.5 Å². The molecule has 2 nitrogen and oxygen atoms in total. The van der Waals surface area contributed by atoms with Gasteiger partial charge in [0.2, 0.25) is 0 Å². The lowest BCUT2D eigenvalue weighted by Gasteiger charge is -2.32. The Bertz CT molecular complexity index is 801. The highest BCUT2D eigenvalue weighted by Crippen LogP contribution is 2.47. The summed E-state index contributed by atoms with van der Waals surface area (Å²) in [6.07, 6.45) is 4.88. The van der Waals surface area contributed by atoms with Gasteiger partial charge in [-0.2, -0.15) is 0 Å². The number of halogens is 1. The largest absolute Gasteiger partial charge is 0.456 e. The van der Waals surface area contributed by atoms with Crippen LogP contribution in [-0.4, -0.2) is 24.5 Å². The van der Waals surface area contributed by atoms with Gasteiger partial charge in [0.25, 0.3) is 0 Å². The zero-order chi connectivity index (χ0) is 17.2. The molecule has 3 heteroatoms. The molecule has 2 aliphatic rings. The summed E-state index contributed by atoms with van der Waals surface area (Å²) in [5.41, 5.74) is 5.44. The lowest BCUT2D eigenvalue weighted by molar-refractivity contribution is 0.253. The van der Waals surface area contributed by atoms with E-state index in [1.807, 2.05) is 0 Å². The number of unbranched alkanes of at least 4 members (excludes halogenated alkanes) is 1. The monoisotopic (exact) mass is 397 g/mol. The zero-order valence-electron chi connectivity index (χ0n) is 14.7. The molecule has 1 saturated heterocycles. The molecule has 0 spiro atoms. The van der Waals surface area contributed by atoms with Crippen LogP contribution < -0.4 is 4.74 Å². The number of ether oxygens (including phenoxy) is 1. The number of para-hydroxylation sites is 1. The Balaban J connectivity index is 1.73. The van der Waals surface area contributed by atoms with Crippen molar-refractivity contribution in [3.63, 3.8) is 0 Å². The Morgan fingerprint density at radius 2 is 1.76 bits per heavy atom. The highest BCUT2D eigenvalue weighted by Gasteiger charge is 2.26. The van der Waals surface area contributed by atoms with Gasteiger partial charge in [-0.15, -0.1) is 0 Å². The first-order chi connectivity index (χ1) is 12.3. The van der Waals surface area contributed by atoms with Gasteiger partial charge < -0.3 is 9.64 Å². The van der Waals surface area contributed by atoms with Gasteiger partial charge in [0, 0.05) is 28.7 Å².